The molecule has 0 saturated heterocycles. The summed E-state index contributed by atoms with van der Waals surface area (Å²) in [5, 5.41) is 17.0. The molecule has 3 aromatic carbocycles. The third-order valence-electron chi connectivity index (χ3n) is 5.24. The third-order valence-corrected chi connectivity index (χ3v) is 5.24. The summed E-state index contributed by atoms with van der Waals surface area (Å²) in [5.74, 6) is -2.17. The number of aromatic nitrogens is 1. The number of carbonyl (C=O) groups is 3. The number of allylic oxidation sites excluding steroid dienone is 1. The lowest BCUT2D eigenvalue weighted by molar-refractivity contribution is -0.111. The van der Waals surface area contributed by atoms with E-state index in [2.05, 4.69) is 15.6 Å². The molecule has 0 saturated carbocycles. The molecule has 0 aliphatic heterocycles. The van der Waals surface area contributed by atoms with Gasteiger partial charge in [-0.3, -0.25) is 14.6 Å². The average Bonchev–Trinajstić information content (AvgIpc) is 2.84. The molecule has 0 spiro atoms. The van der Waals surface area contributed by atoms with Crippen molar-refractivity contribution < 1.29 is 19.5 Å². The van der Waals surface area contributed by atoms with Crippen molar-refractivity contribution in [2.75, 3.05) is 10.6 Å². The van der Waals surface area contributed by atoms with Crippen molar-refractivity contribution in [2.24, 2.45) is 0 Å². The average molecular weight is 451 g/mol. The first-order valence-corrected chi connectivity index (χ1v) is 10.5. The molecule has 2 amide bonds. The zero-order chi connectivity index (χ0) is 24.1. The van der Waals surface area contributed by atoms with E-state index in [-0.39, 0.29) is 16.8 Å². The Labute approximate surface area is 195 Å². The zero-order valence-electron chi connectivity index (χ0n) is 18.3. The van der Waals surface area contributed by atoms with Crippen molar-refractivity contribution in [3.63, 3.8) is 0 Å². The van der Waals surface area contributed by atoms with Gasteiger partial charge in [-0.2, -0.15) is 0 Å². The molecule has 0 aliphatic carbocycles. The molecule has 1 aromatic heterocycles. The summed E-state index contributed by atoms with van der Waals surface area (Å²) in [7, 11) is 0. The van der Waals surface area contributed by atoms with Gasteiger partial charge in [0.05, 0.1) is 23.1 Å². The van der Waals surface area contributed by atoms with E-state index in [1.165, 1.54) is 30.5 Å². The van der Waals surface area contributed by atoms with E-state index in [9.17, 15) is 19.5 Å². The van der Waals surface area contributed by atoms with Crippen molar-refractivity contribution in [1.29, 1.82) is 0 Å². The Bertz CT molecular complexity index is 1430. The molecule has 0 radical (unpaired) electrons. The number of fused-ring (bicyclic) bond motifs is 1. The molecule has 0 unspecified atom stereocenters. The number of carbonyl (C=O) groups excluding carboxylic acids is 2. The summed E-state index contributed by atoms with van der Waals surface area (Å²) in [5.41, 5.74) is 2.18. The van der Waals surface area contributed by atoms with Crippen molar-refractivity contribution in [1.82, 2.24) is 4.98 Å². The Kier molecular flexibility index (Phi) is 6.45. The van der Waals surface area contributed by atoms with Crippen LogP contribution in [0.1, 0.15) is 33.2 Å². The SMILES string of the molecule is CC(=CC(=O)Nc1cc(C(=O)Nc2cccnc2)ccc1C(=O)O)c1ccc2ccccc2c1. The number of hydrogen-bond acceptors (Lipinski definition) is 4. The van der Waals surface area contributed by atoms with Gasteiger partial charge in [-0.25, -0.2) is 4.79 Å². The molecule has 3 N–H and O–H groups in total. The maximum Gasteiger partial charge on any atom is 0.337 e. The van der Waals surface area contributed by atoms with Crippen LogP contribution in [0.4, 0.5) is 11.4 Å². The highest BCUT2D eigenvalue weighted by Gasteiger charge is 2.16. The number of anilines is 2. The van der Waals surface area contributed by atoms with Crippen LogP contribution in [0.25, 0.3) is 16.3 Å². The predicted octanol–water partition coefficient (Wildman–Crippen LogP) is 5.23. The molecule has 0 aliphatic rings. The van der Waals surface area contributed by atoms with Gasteiger partial charge in [0.2, 0.25) is 5.91 Å². The molecular formula is C27H21N3O4. The Morgan fingerprint density at radius 1 is 0.853 bits per heavy atom. The summed E-state index contributed by atoms with van der Waals surface area (Å²) in [6.45, 7) is 1.81. The van der Waals surface area contributed by atoms with Crippen molar-refractivity contribution >= 4 is 45.5 Å². The van der Waals surface area contributed by atoms with E-state index < -0.39 is 17.8 Å². The number of rotatable bonds is 6. The van der Waals surface area contributed by atoms with Gasteiger partial charge in [-0.1, -0.05) is 36.4 Å². The quantitative estimate of drug-likeness (QED) is 0.348. The monoisotopic (exact) mass is 451 g/mol. The summed E-state index contributed by atoms with van der Waals surface area (Å²) in [6.07, 6.45) is 4.48. The van der Waals surface area contributed by atoms with Crippen LogP contribution in [-0.4, -0.2) is 27.9 Å². The second-order valence-electron chi connectivity index (χ2n) is 7.64. The van der Waals surface area contributed by atoms with Crippen LogP contribution in [0.3, 0.4) is 0 Å². The van der Waals surface area contributed by atoms with Gasteiger partial charge < -0.3 is 15.7 Å². The largest absolute Gasteiger partial charge is 0.478 e. The zero-order valence-corrected chi connectivity index (χ0v) is 18.3. The lowest BCUT2D eigenvalue weighted by Crippen LogP contribution is -2.16. The Balaban J connectivity index is 1.57. The van der Waals surface area contributed by atoms with E-state index >= 15 is 0 Å². The summed E-state index contributed by atoms with van der Waals surface area (Å²) in [4.78, 5) is 40.9. The normalized spacial score (nSPS) is 11.1. The lowest BCUT2D eigenvalue weighted by Gasteiger charge is -2.11. The van der Waals surface area contributed by atoms with E-state index in [4.69, 9.17) is 0 Å². The molecule has 4 aromatic rings. The summed E-state index contributed by atoms with van der Waals surface area (Å²) >= 11 is 0. The van der Waals surface area contributed by atoms with Crippen LogP contribution in [-0.2, 0) is 4.79 Å². The van der Waals surface area contributed by atoms with Crippen LogP contribution in [0.5, 0.6) is 0 Å². The molecule has 34 heavy (non-hydrogen) atoms. The van der Waals surface area contributed by atoms with E-state index in [1.807, 2.05) is 42.5 Å². The lowest BCUT2D eigenvalue weighted by atomic mass is 10.0. The summed E-state index contributed by atoms with van der Waals surface area (Å²) < 4.78 is 0. The van der Waals surface area contributed by atoms with E-state index in [1.54, 1.807) is 25.3 Å². The Morgan fingerprint density at radius 2 is 1.62 bits per heavy atom. The fraction of sp³-hybridized carbons (Fsp3) is 0.0370. The first-order valence-electron chi connectivity index (χ1n) is 10.5. The number of hydrogen-bond donors (Lipinski definition) is 3. The first-order chi connectivity index (χ1) is 16.4. The van der Waals surface area contributed by atoms with E-state index in [0.717, 1.165) is 16.3 Å². The highest BCUT2D eigenvalue weighted by molar-refractivity contribution is 6.10. The molecule has 0 fully saturated rings. The van der Waals surface area contributed by atoms with Gasteiger partial charge in [0.1, 0.15) is 0 Å². The number of aromatic carboxylic acids is 1. The molecule has 0 atom stereocenters. The highest BCUT2D eigenvalue weighted by Crippen LogP contribution is 2.23. The maximum atomic E-state index is 12.7. The van der Waals surface area contributed by atoms with Gasteiger partial charge in [-0.05, 0) is 65.2 Å². The first kappa shape index (κ1) is 22.4. The van der Waals surface area contributed by atoms with Crippen LogP contribution in [0.2, 0.25) is 0 Å². The maximum absolute atomic E-state index is 12.7. The minimum Gasteiger partial charge on any atom is -0.478 e. The third kappa shape index (κ3) is 5.16. The number of pyridine rings is 1. The second kappa shape index (κ2) is 9.79. The minimum atomic E-state index is -1.22. The number of nitrogens with one attached hydrogen (secondary N) is 2. The number of amides is 2. The fourth-order valence-electron chi connectivity index (χ4n) is 3.50. The van der Waals surface area contributed by atoms with Crippen molar-refractivity contribution in [3.8, 4) is 0 Å². The van der Waals surface area contributed by atoms with Crippen LogP contribution < -0.4 is 10.6 Å². The minimum absolute atomic E-state index is 0.0268. The van der Waals surface area contributed by atoms with Gasteiger partial charge >= 0.3 is 5.97 Å². The van der Waals surface area contributed by atoms with Crippen molar-refractivity contribution in [2.45, 2.75) is 6.92 Å². The van der Waals surface area contributed by atoms with Gasteiger partial charge in [0.15, 0.2) is 0 Å². The van der Waals surface area contributed by atoms with Crippen LogP contribution in [0.15, 0.2) is 91.3 Å². The molecule has 1 heterocycles. The number of carboxylic acid groups (broad SMARTS) is 1. The van der Waals surface area contributed by atoms with E-state index in [0.29, 0.717) is 11.3 Å². The van der Waals surface area contributed by atoms with Gasteiger partial charge in [0, 0.05) is 17.8 Å². The molecular weight excluding hydrogens is 430 g/mol. The molecule has 168 valence electrons. The van der Waals surface area contributed by atoms with Gasteiger partial charge in [0.25, 0.3) is 5.91 Å². The summed E-state index contributed by atoms with van der Waals surface area (Å²) in [6, 6.07) is 21.2. The number of carboxylic acids is 1. The van der Waals surface area contributed by atoms with Crippen molar-refractivity contribution in [3.05, 3.63) is 108 Å². The number of nitrogens with zero attached hydrogens (tertiary/aromatic N) is 1. The molecule has 0 bridgehead atoms. The van der Waals surface area contributed by atoms with Crippen LogP contribution in [0, 0.1) is 0 Å². The molecule has 4 rings (SSSR count). The highest BCUT2D eigenvalue weighted by atomic mass is 16.4. The van der Waals surface area contributed by atoms with Gasteiger partial charge in [-0.15, -0.1) is 0 Å². The predicted molar refractivity (Wildman–Crippen MR) is 132 cm³/mol. The standard InChI is InChI=1S/C27H21N3O4/c1-17(19-9-8-18-5-2-3-6-20(18)14-19)13-25(31)30-24-15-21(10-11-23(24)27(33)34)26(32)29-22-7-4-12-28-16-22/h2-16H,1H3,(H,29,32)(H,30,31)(H,33,34). The fourth-order valence-corrected chi connectivity index (χ4v) is 3.50. The second-order valence-corrected chi connectivity index (χ2v) is 7.64. The Hall–Kier alpha value is -4.78. The Morgan fingerprint density at radius 3 is 2.35 bits per heavy atom. The smallest absolute Gasteiger partial charge is 0.337 e. The number of benzene rings is 3. The molecule has 7 nitrogen and oxygen atoms in total. The van der Waals surface area contributed by atoms with Crippen LogP contribution >= 0.6 is 0 Å². The molecule has 7 heteroatoms. The topological polar surface area (TPSA) is 108 Å².